The van der Waals surface area contributed by atoms with Crippen LogP contribution in [0.5, 0.6) is 5.75 Å². The van der Waals surface area contributed by atoms with Crippen LogP contribution >= 0.6 is 11.6 Å². The summed E-state index contributed by atoms with van der Waals surface area (Å²) < 4.78 is 11.3. The van der Waals surface area contributed by atoms with E-state index in [9.17, 15) is 4.79 Å². The van der Waals surface area contributed by atoms with Crippen molar-refractivity contribution < 1.29 is 13.9 Å². The third kappa shape index (κ3) is 4.81. The van der Waals surface area contributed by atoms with Crippen molar-refractivity contribution in [3.05, 3.63) is 88.8 Å². The van der Waals surface area contributed by atoms with E-state index in [2.05, 4.69) is 18.2 Å². The second-order valence-corrected chi connectivity index (χ2v) is 7.54. The van der Waals surface area contributed by atoms with E-state index in [1.807, 2.05) is 18.2 Å². The quantitative estimate of drug-likeness (QED) is 0.390. The van der Waals surface area contributed by atoms with Gasteiger partial charge in [0.15, 0.2) is 0 Å². The molecule has 138 valence electrons. The maximum absolute atomic E-state index is 12.7. The molecule has 0 radical (unpaired) electrons. The zero-order valence-electron chi connectivity index (χ0n) is 14.9. The highest BCUT2D eigenvalue weighted by Crippen LogP contribution is 2.39. The van der Waals surface area contributed by atoms with E-state index in [0.717, 1.165) is 30.6 Å². The van der Waals surface area contributed by atoms with Gasteiger partial charge in [-0.2, -0.15) is 0 Å². The number of esters is 1. The van der Waals surface area contributed by atoms with Crippen LogP contribution in [0.2, 0.25) is 5.02 Å². The summed E-state index contributed by atoms with van der Waals surface area (Å²) in [5.41, 5.74) is 2.25. The van der Waals surface area contributed by atoms with Gasteiger partial charge in [-0.3, -0.25) is 4.79 Å². The van der Waals surface area contributed by atoms with Gasteiger partial charge in [-0.1, -0.05) is 41.9 Å². The van der Waals surface area contributed by atoms with Crippen molar-refractivity contribution in [1.82, 2.24) is 0 Å². The van der Waals surface area contributed by atoms with Crippen molar-refractivity contribution in [2.24, 2.45) is 11.8 Å². The van der Waals surface area contributed by atoms with Crippen LogP contribution in [0.3, 0.4) is 0 Å². The van der Waals surface area contributed by atoms with Gasteiger partial charge in [0.1, 0.15) is 11.5 Å². The Morgan fingerprint density at radius 1 is 1.07 bits per heavy atom. The van der Waals surface area contributed by atoms with Gasteiger partial charge in [-0.25, -0.2) is 0 Å². The fourth-order valence-electron chi connectivity index (χ4n) is 3.31. The predicted octanol–water partition coefficient (Wildman–Crippen LogP) is 5.70. The summed E-state index contributed by atoms with van der Waals surface area (Å²) in [5, 5.41) is 0.623. The Morgan fingerprint density at radius 2 is 1.81 bits per heavy atom. The summed E-state index contributed by atoms with van der Waals surface area (Å²) in [5.74, 6) is 1.54. The first-order valence-corrected chi connectivity index (χ1v) is 9.62. The molecule has 0 amide bonds. The molecule has 0 saturated heterocycles. The number of hydrogen-bond acceptors (Lipinski definition) is 3. The van der Waals surface area contributed by atoms with Crippen LogP contribution in [-0.4, -0.2) is 5.97 Å². The average Bonchev–Trinajstić information content (AvgIpc) is 3.42. The van der Waals surface area contributed by atoms with Crippen molar-refractivity contribution in [2.45, 2.75) is 25.7 Å². The van der Waals surface area contributed by atoms with E-state index in [1.54, 1.807) is 30.5 Å². The number of halogens is 1. The molecule has 1 unspecified atom stereocenters. The Bertz CT molecular complexity index is 895. The molecule has 1 aliphatic carbocycles. The molecule has 4 rings (SSSR count). The van der Waals surface area contributed by atoms with Crippen LogP contribution < -0.4 is 4.74 Å². The Kier molecular flexibility index (Phi) is 5.30. The Hall–Kier alpha value is -2.52. The molecule has 0 spiro atoms. The standard InChI is InChI=1S/C23H21ClO3/c24-19-8-10-20(11-9-19)27-23(25)22(18-6-7-18)14-17-13-21(26-15-17)12-16-4-2-1-3-5-16/h1-5,8-11,13,15,18,22H,6-7,12,14H2. The molecule has 1 heterocycles. The second-order valence-electron chi connectivity index (χ2n) is 7.11. The van der Waals surface area contributed by atoms with Crippen molar-refractivity contribution in [2.75, 3.05) is 0 Å². The van der Waals surface area contributed by atoms with E-state index in [-0.39, 0.29) is 11.9 Å². The van der Waals surface area contributed by atoms with Gasteiger partial charge in [0, 0.05) is 11.4 Å². The maximum atomic E-state index is 12.7. The first-order valence-electron chi connectivity index (χ1n) is 9.25. The van der Waals surface area contributed by atoms with Gasteiger partial charge in [0.25, 0.3) is 0 Å². The summed E-state index contributed by atoms with van der Waals surface area (Å²) in [4.78, 5) is 12.7. The third-order valence-corrected chi connectivity index (χ3v) is 5.16. The smallest absolute Gasteiger partial charge is 0.314 e. The summed E-state index contributed by atoms with van der Waals surface area (Å²) >= 11 is 5.89. The fraction of sp³-hybridized carbons (Fsp3) is 0.261. The van der Waals surface area contributed by atoms with E-state index in [0.29, 0.717) is 23.1 Å². The van der Waals surface area contributed by atoms with Crippen LogP contribution in [0, 0.1) is 11.8 Å². The first kappa shape index (κ1) is 17.9. The number of rotatable bonds is 7. The van der Waals surface area contributed by atoms with Gasteiger partial charge < -0.3 is 9.15 Å². The molecule has 0 N–H and O–H groups in total. The number of hydrogen-bond donors (Lipinski definition) is 0. The molecule has 1 fully saturated rings. The molecular formula is C23H21ClO3. The molecule has 0 bridgehead atoms. The minimum absolute atomic E-state index is 0.136. The zero-order valence-corrected chi connectivity index (χ0v) is 15.7. The Morgan fingerprint density at radius 3 is 2.52 bits per heavy atom. The Labute approximate surface area is 163 Å². The minimum atomic E-state index is -0.175. The number of ether oxygens (including phenoxy) is 1. The number of carbonyl (C=O) groups excluding carboxylic acids is 1. The molecule has 4 heteroatoms. The molecule has 0 aliphatic heterocycles. The van der Waals surface area contributed by atoms with E-state index >= 15 is 0 Å². The molecular weight excluding hydrogens is 360 g/mol. The van der Waals surface area contributed by atoms with Gasteiger partial charge in [0.05, 0.1) is 12.2 Å². The second kappa shape index (κ2) is 8.01. The highest BCUT2D eigenvalue weighted by Gasteiger charge is 2.37. The zero-order chi connectivity index (χ0) is 18.6. The summed E-state index contributed by atoms with van der Waals surface area (Å²) in [6.45, 7) is 0. The van der Waals surface area contributed by atoms with Gasteiger partial charge in [0.2, 0.25) is 0 Å². The van der Waals surface area contributed by atoms with E-state index < -0.39 is 0 Å². The normalized spacial score (nSPS) is 14.7. The van der Waals surface area contributed by atoms with Crippen LogP contribution in [-0.2, 0) is 17.6 Å². The van der Waals surface area contributed by atoms with E-state index in [4.69, 9.17) is 20.8 Å². The number of carbonyl (C=O) groups is 1. The van der Waals surface area contributed by atoms with Crippen LogP contribution in [0.25, 0.3) is 0 Å². The molecule has 1 aromatic heterocycles. The van der Waals surface area contributed by atoms with Crippen LogP contribution in [0.4, 0.5) is 0 Å². The summed E-state index contributed by atoms with van der Waals surface area (Å²) in [7, 11) is 0. The highest BCUT2D eigenvalue weighted by molar-refractivity contribution is 6.30. The average molecular weight is 381 g/mol. The van der Waals surface area contributed by atoms with Gasteiger partial charge in [-0.05, 0) is 66.6 Å². The van der Waals surface area contributed by atoms with Gasteiger partial charge in [-0.15, -0.1) is 0 Å². The van der Waals surface area contributed by atoms with E-state index in [1.165, 1.54) is 5.56 Å². The van der Waals surface area contributed by atoms with Crippen molar-refractivity contribution in [3.63, 3.8) is 0 Å². The molecule has 27 heavy (non-hydrogen) atoms. The van der Waals surface area contributed by atoms with Crippen molar-refractivity contribution >= 4 is 17.6 Å². The van der Waals surface area contributed by atoms with Crippen LogP contribution in [0.1, 0.15) is 29.7 Å². The fourth-order valence-corrected chi connectivity index (χ4v) is 3.44. The van der Waals surface area contributed by atoms with Crippen molar-refractivity contribution in [1.29, 1.82) is 0 Å². The molecule has 3 aromatic rings. The van der Waals surface area contributed by atoms with Crippen molar-refractivity contribution in [3.8, 4) is 5.75 Å². The monoisotopic (exact) mass is 380 g/mol. The number of benzene rings is 2. The topological polar surface area (TPSA) is 39.4 Å². The lowest BCUT2D eigenvalue weighted by Gasteiger charge is -2.14. The third-order valence-electron chi connectivity index (χ3n) is 4.91. The predicted molar refractivity (Wildman–Crippen MR) is 105 cm³/mol. The first-order chi connectivity index (χ1) is 13.2. The summed E-state index contributed by atoms with van der Waals surface area (Å²) in [6, 6.07) is 19.2. The highest BCUT2D eigenvalue weighted by atomic mass is 35.5. The molecule has 1 saturated carbocycles. The lowest BCUT2D eigenvalue weighted by molar-refractivity contribution is -0.139. The molecule has 2 aromatic carbocycles. The Balaban J connectivity index is 1.41. The summed E-state index contributed by atoms with van der Waals surface area (Å²) in [6.07, 6.45) is 5.33. The SMILES string of the molecule is O=C(Oc1ccc(Cl)cc1)C(Cc1coc(Cc2ccccc2)c1)C1CC1. The lowest BCUT2D eigenvalue weighted by atomic mass is 9.96. The molecule has 1 aliphatic rings. The lowest BCUT2D eigenvalue weighted by Crippen LogP contribution is -2.24. The minimum Gasteiger partial charge on any atom is -0.469 e. The molecule has 3 nitrogen and oxygen atoms in total. The van der Waals surface area contributed by atoms with Gasteiger partial charge >= 0.3 is 5.97 Å². The van der Waals surface area contributed by atoms with Crippen LogP contribution in [0.15, 0.2) is 71.3 Å². The number of furan rings is 1. The maximum Gasteiger partial charge on any atom is 0.314 e. The molecule has 1 atom stereocenters. The largest absolute Gasteiger partial charge is 0.469 e.